The van der Waals surface area contributed by atoms with Crippen LogP contribution in [0.25, 0.3) is 0 Å². The average Bonchev–Trinajstić information content (AvgIpc) is 3.02. The van der Waals surface area contributed by atoms with Gasteiger partial charge < -0.3 is 4.79 Å². The maximum absolute atomic E-state index is 13.6. The van der Waals surface area contributed by atoms with E-state index in [2.05, 4.69) is 24.3 Å². The normalized spacial score (nSPS) is 20.9. The van der Waals surface area contributed by atoms with Crippen LogP contribution in [0.4, 0.5) is 0 Å². The molecule has 0 spiro atoms. The Hall–Kier alpha value is -3.00. The summed E-state index contributed by atoms with van der Waals surface area (Å²) in [6.07, 6.45) is 0.392. The van der Waals surface area contributed by atoms with Gasteiger partial charge in [-0.3, -0.25) is 4.79 Å². The number of carbonyl (C=O) groups excluding carboxylic acids is 2. The number of carbonyl (C=O) groups is 2. The number of ketones is 2. The van der Waals surface area contributed by atoms with Crippen molar-refractivity contribution in [3.05, 3.63) is 107 Å². The standard InChI is InChI=1S/C25H22O2/c1-17(26)16-22-20-14-8-9-15-21(20)23(18-10-4-2-5-11-18)24(22)25(27)19-12-6-3-7-13-19/h2-15,22-24H,16H2,1H3/t22-,23+,24+/m1/s1. The van der Waals surface area contributed by atoms with Crippen molar-refractivity contribution in [1.82, 2.24) is 0 Å². The van der Waals surface area contributed by atoms with Gasteiger partial charge in [-0.25, -0.2) is 0 Å². The van der Waals surface area contributed by atoms with Crippen molar-refractivity contribution in [2.45, 2.75) is 25.2 Å². The molecule has 1 aliphatic carbocycles. The second-order valence-corrected chi connectivity index (χ2v) is 7.29. The van der Waals surface area contributed by atoms with Gasteiger partial charge in [0, 0.05) is 29.7 Å². The molecule has 0 N–H and O–H groups in total. The lowest BCUT2D eigenvalue weighted by Gasteiger charge is -2.24. The Kier molecular flexibility index (Phi) is 4.72. The number of rotatable bonds is 5. The van der Waals surface area contributed by atoms with Crippen LogP contribution in [0.15, 0.2) is 84.9 Å². The van der Waals surface area contributed by atoms with Crippen LogP contribution in [-0.2, 0) is 4.79 Å². The summed E-state index contributed by atoms with van der Waals surface area (Å²) in [6.45, 7) is 1.61. The van der Waals surface area contributed by atoms with Crippen LogP contribution in [0.5, 0.6) is 0 Å². The second kappa shape index (κ2) is 7.32. The van der Waals surface area contributed by atoms with E-state index in [4.69, 9.17) is 0 Å². The fourth-order valence-corrected chi connectivity index (χ4v) is 4.47. The Balaban J connectivity index is 1.88. The van der Waals surface area contributed by atoms with Gasteiger partial charge >= 0.3 is 0 Å². The highest BCUT2D eigenvalue weighted by atomic mass is 16.1. The number of benzene rings is 3. The van der Waals surface area contributed by atoms with Crippen LogP contribution < -0.4 is 0 Å². The molecule has 3 aromatic rings. The van der Waals surface area contributed by atoms with E-state index in [-0.39, 0.29) is 29.3 Å². The summed E-state index contributed by atoms with van der Waals surface area (Å²) in [7, 11) is 0. The first-order chi connectivity index (χ1) is 13.2. The molecule has 27 heavy (non-hydrogen) atoms. The molecule has 3 aromatic carbocycles. The third-order valence-electron chi connectivity index (χ3n) is 5.55. The zero-order valence-electron chi connectivity index (χ0n) is 15.3. The number of hydrogen-bond donors (Lipinski definition) is 0. The minimum atomic E-state index is -0.268. The van der Waals surface area contributed by atoms with Crippen LogP contribution in [0.2, 0.25) is 0 Å². The van der Waals surface area contributed by atoms with E-state index in [1.165, 1.54) is 5.56 Å². The van der Waals surface area contributed by atoms with Crippen molar-refractivity contribution in [3.8, 4) is 0 Å². The zero-order valence-corrected chi connectivity index (χ0v) is 15.3. The van der Waals surface area contributed by atoms with Crippen LogP contribution in [0.1, 0.15) is 52.2 Å². The molecule has 0 aliphatic heterocycles. The van der Waals surface area contributed by atoms with Gasteiger partial charge in [-0.1, -0.05) is 84.9 Å². The molecule has 0 heterocycles. The van der Waals surface area contributed by atoms with Crippen LogP contribution in [-0.4, -0.2) is 11.6 Å². The van der Waals surface area contributed by atoms with Gasteiger partial charge in [-0.05, 0) is 23.6 Å². The Morgan fingerprint density at radius 1 is 0.741 bits per heavy atom. The lowest BCUT2D eigenvalue weighted by Crippen LogP contribution is -2.25. The van der Waals surface area contributed by atoms with Crippen molar-refractivity contribution in [2.75, 3.05) is 0 Å². The van der Waals surface area contributed by atoms with Crippen LogP contribution in [0, 0.1) is 5.92 Å². The average molecular weight is 354 g/mol. The summed E-state index contributed by atoms with van der Waals surface area (Å²) in [6, 6.07) is 27.9. The number of fused-ring (bicyclic) bond motifs is 1. The maximum Gasteiger partial charge on any atom is 0.167 e. The van der Waals surface area contributed by atoms with Crippen molar-refractivity contribution in [1.29, 1.82) is 0 Å². The largest absolute Gasteiger partial charge is 0.300 e. The molecule has 0 unspecified atom stereocenters. The van der Waals surface area contributed by atoms with Crippen LogP contribution >= 0.6 is 0 Å². The fraction of sp³-hybridized carbons (Fsp3) is 0.200. The molecule has 0 fully saturated rings. The molecule has 0 amide bonds. The maximum atomic E-state index is 13.6. The number of Topliss-reactive ketones (excluding diaryl/α,β-unsaturated/α-hetero) is 2. The van der Waals surface area contributed by atoms with Crippen molar-refractivity contribution in [2.24, 2.45) is 5.92 Å². The molecule has 2 heteroatoms. The molecule has 0 bridgehead atoms. The molecule has 134 valence electrons. The van der Waals surface area contributed by atoms with Gasteiger partial charge in [0.1, 0.15) is 5.78 Å². The van der Waals surface area contributed by atoms with Gasteiger partial charge in [0.15, 0.2) is 5.78 Å². The predicted octanol–water partition coefficient (Wildman–Crippen LogP) is 5.39. The summed E-state index contributed by atoms with van der Waals surface area (Å²) in [5.74, 6) is -0.145. The quantitative estimate of drug-likeness (QED) is 0.575. The fourth-order valence-electron chi connectivity index (χ4n) is 4.47. The predicted molar refractivity (Wildman–Crippen MR) is 107 cm³/mol. The highest BCUT2D eigenvalue weighted by molar-refractivity contribution is 6.00. The van der Waals surface area contributed by atoms with E-state index >= 15 is 0 Å². The van der Waals surface area contributed by atoms with Crippen molar-refractivity contribution >= 4 is 11.6 Å². The van der Waals surface area contributed by atoms with E-state index in [1.807, 2.05) is 60.7 Å². The summed E-state index contributed by atoms with van der Waals surface area (Å²) in [4.78, 5) is 25.6. The van der Waals surface area contributed by atoms with Gasteiger partial charge in [0.2, 0.25) is 0 Å². The third kappa shape index (κ3) is 3.23. The third-order valence-corrected chi connectivity index (χ3v) is 5.55. The molecule has 4 rings (SSSR count). The molecule has 3 atom stereocenters. The van der Waals surface area contributed by atoms with Gasteiger partial charge in [0.25, 0.3) is 0 Å². The molecule has 0 saturated heterocycles. The van der Waals surface area contributed by atoms with Crippen molar-refractivity contribution < 1.29 is 9.59 Å². The Labute approximate surface area is 159 Å². The molecule has 0 saturated carbocycles. The summed E-state index contributed by atoms with van der Waals surface area (Å²) < 4.78 is 0. The first-order valence-electron chi connectivity index (χ1n) is 9.39. The van der Waals surface area contributed by atoms with Crippen LogP contribution in [0.3, 0.4) is 0 Å². The lowest BCUT2D eigenvalue weighted by molar-refractivity contribution is -0.117. The van der Waals surface area contributed by atoms with E-state index in [0.717, 1.165) is 11.1 Å². The molecule has 0 radical (unpaired) electrons. The Bertz CT molecular complexity index is 960. The monoisotopic (exact) mass is 354 g/mol. The molecular formula is C25H22O2. The molecule has 1 aliphatic rings. The first-order valence-corrected chi connectivity index (χ1v) is 9.39. The molecular weight excluding hydrogens is 332 g/mol. The number of hydrogen-bond acceptors (Lipinski definition) is 2. The lowest BCUT2D eigenvalue weighted by atomic mass is 9.76. The zero-order chi connectivity index (χ0) is 18.8. The topological polar surface area (TPSA) is 34.1 Å². The summed E-state index contributed by atoms with van der Waals surface area (Å²) >= 11 is 0. The molecule has 2 nitrogen and oxygen atoms in total. The molecule has 0 aromatic heterocycles. The van der Waals surface area contributed by atoms with E-state index < -0.39 is 0 Å². The summed E-state index contributed by atoms with van der Waals surface area (Å²) in [5, 5.41) is 0. The summed E-state index contributed by atoms with van der Waals surface area (Å²) in [5.41, 5.74) is 4.15. The van der Waals surface area contributed by atoms with Gasteiger partial charge in [-0.15, -0.1) is 0 Å². The van der Waals surface area contributed by atoms with E-state index in [1.54, 1.807) is 6.92 Å². The second-order valence-electron chi connectivity index (χ2n) is 7.29. The SMILES string of the molecule is CC(=O)C[C@@H]1c2ccccc2[C@H](c2ccccc2)[C@H]1C(=O)c1ccccc1. The van der Waals surface area contributed by atoms with E-state index in [0.29, 0.717) is 12.0 Å². The highest BCUT2D eigenvalue weighted by Gasteiger charge is 2.45. The first kappa shape index (κ1) is 17.4. The van der Waals surface area contributed by atoms with Crippen molar-refractivity contribution in [3.63, 3.8) is 0 Å². The smallest absolute Gasteiger partial charge is 0.167 e. The minimum absolute atomic E-state index is 0.0283. The highest BCUT2D eigenvalue weighted by Crippen LogP contribution is 2.52. The van der Waals surface area contributed by atoms with Gasteiger partial charge in [-0.2, -0.15) is 0 Å². The van der Waals surface area contributed by atoms with Gasteiger partial charge in [0.05, 0.1) is 0 Å². The minimum Gasteiger partial charge on any atom is -0.300 e. The Morgan fingerprint density at radius 3 is 1.93 bits per heavy atom. The Morgan fingerprint density at radius 2 is 1.30 bits per heavy atom. The van der Waals surface area contributed by atoms with E-state index in [9.17, 15) is 9.59 Å².